The second-order valence-corrected chi connectivity index (χ2v) is 11.4. The molecule has 6 heteroatoms. The highest BCUT2D eigenvalue weighted by Crippen LogP contribution is 2.34. The minimum atomic E-state index is -0.784. The summed E-state index contributed by atoms with van der Waals surface area (Å²) in [5.74, 6) is 0.652. The van der Waals surface area contributed by atoms with Gasteiger partial charge in [-0.05, 0) is 30.7 Å². The highest BCUT2D eigenvalue weighted by Gasteiger charge is 2.30. The maximum Gasteiger partial charge on any atom is 0.321 e. The lowest BCUT2D eigenvalue weighted by Gasteiger charge is -2.13. The number of hydrogen-bond donors (Lipinski definition) is 3. The number of benzene rings is 1. The number of unbranched alkanes of at least 4 members (excludes halogenated alkanes) is 15. The Morgan fingerprint density at radius 3 is 2.06 bits per heavy atom. The van der Waals surface area contributed by atoms with Gasteiger partial charge in [0.05, 0.1) is 5.37 Å². The Bertz CT molecular complexity index is 688. The largest absolute Gasteiger partial charge is 0.492 e. The van der Waals surface area contributed by atoms with Crippen molar-refractivity contribution < 1.29 is 14.6 Å². The highest BCUT2D eigenvalue weighted by atomic mass is 32.2. The van der Waals surface area contributed by atoms with Gasteiger partial charge in [0.2, 0.25) is 0 Å². The van der Waals surface area contributed by atoms with Crippen LogP contribution in [0, 0.1) is 0 Å². The van der Waals surface area contributed by atoms with E-state index in [1.165, 1.54) is 103 Å². The summed E-state index contributed by atoms with van der Waals surface area (Å²) in [6.45, 7) is 4.84. The van der Waals surface area contributed by atoms with Crippen LogP contribution < -0.4 is 15.4 Å². The number of carbonyl (C=O) groups is 1. The molecule has 0 radical (unpaired) electrons. The van der Waals surface area contributed by atoms with Gasteiger partial charge in [-0.2, -0.15) is 0 Å². The molecular weight excluding hydrogens is 468 g/mol. The van der Waals surface area contributed by atoms with E-state index >= 15 is 0 Å². The van der Waals surface area contributed by atoms with Crippen LogP contribution in [0.2, 0.25) is 0 Å². The van der Waals surface area contributed by atoms with E-state index < -0.39 is 12.0 Å². The summed E-state index contributed by atoms with van der Waals surface area (Å²) < 4.78 is 5.90. The van der Waals surface area contributed by atoms with Crippen molar-refractivity contribution in [2.24, 2.45) is 0 Å². The van der Waals surface area contributed by atoms with Crippen molar-refractivity contribution in [3.05, 3.63) is 29.8 Å². The first-order valence-corrected chi connectivity index (χ1v) is 15.8. The topological polar surface area (TPSA) is 70.6 Å². The molecule has 1 aromatic carbocycles. The van der Waals surface area contributed by atoms with Crippen LogP contribution in [0.25, 0.3) is 0 Å². The number of thioether (sulfide) groups is 1. The van der Waals surface area contributed by atoms with Gasteiger partial charge >= 0.3 is 5.97 Å². The predicted molar refractivity (Wildman–Crippen MR) is 154 cm³/mol. The SMILES string of the molecule is CCCCCCCCCCCCCCCCCCNCCOc1cccc(C2N[C@H](C(=O)O)CS2)c1. The highest BCUT2D eigenvalue weighted by molar-refractivity contribution is 7.99. The van der Waals surface area contributed by atoms with Gasteiger partial charge in [-0.15, -0.1) is 11.8 Å². The zero-order valence-corrected chi connectivity index (χ0v) is 23.6. The molecule has 0 aliphatic carbocycles. The van der Waals surface area contributed by atoms with E-state index in [4.69, 9.17) is 9.84 Å². The van der Waals surface area contributed by atoms with E-state index in [0.717, 1.165) is 24.4 Å². The number of ether oxygens (including phenoxy) is 1. The van der Waals surface area contributed by atoms with Gasteiger partial charge in [0, 0.05) is 12.3 Å². The van der Waals surface area contributed by atoms with Crippen LogP contribution in [0.15, 0.2) is 24.3 Å². The summed E-state index contributed by atoms with van der Waals surface area (Å²) in [5.41, 5.74) is 1.07. The van der Waals surface area contributed by atoms with Gasteiger partial charge in [-0.25, -0.2) is 0 Å². The van der Waals surface area contributed by atoms with Crippen LogP contribution in [-0.2, 0) is 4.79 Å². The monoisotopic (exact) mass is 520 g/mol. The number of carboxylic acid groups (broad SMARTS) is 1. The van der Waals surface area contributed by atoms with Crippen LogP contribution in [0.3, 0.4) is 0 Å². The lowest BCUT2D eigenvalue weighted by atomic mass is 10.0. The molecule has 0 saturated carbocycles. The quantitative estimate of drug-likeness (QED) is 0.128. The second kappa shape index (κ2) is 20.8. The molecule has 2 rings (SSSR count). The van der Waals surface area contributed by atoms with Crippen molar-refractivity contribution in [2.45, 2.75) is 121 Å². The number of carboxylic acids is 1. The molecule has 3 N–H and O–H groups in total. The summed E-state index contributed by atoms with van der Waals surface area (Å²) in [5, 5.41) is 15.8. The Morgan fingerprint density at radius 1 is 0.917 bits per heavy atom. The molecule has 1 unspecified atom stereocenters. The maximum atomic E-state index is 11.1. The molecule has 5 nitrogen and oxygen atoms in total. The number of aliphatic carboxylic acids is 1. The number of rotatable bonds is 23. The van der Waals surface area contributed by atoms with Crippen LogP contribution in [-0.4, -0.2) is 42.6 Å². The van der Waals surface area contributed by atoms with Crippen LogP contribution >= 0.6 is 11.8 Å². The summed E-state index contributed by atoms with van der Waals surface area (Å²) in [7, 11) is 0. The summed E-state index contributed by atoms with van der Waals surface area (Å²) >= 11 is 1.63. The molecule has 36 heavy (non-hydrogen) atoms. The van der Waals surface area contributed by atoms with E-state index in [1.54, 1.807) is 11.8 Å². The fourth-order valence-electron chi connectivity index (χ4n) is 4.74. The molecule has 1 fully saturated rings. The molecule has 0 spiro atoms. The first-order chi connectivity index (χ1) is 17.7. The minimum Gasteiger partial charge on any atom is -0.492 e. The molecule has 1 aliphatic rings. The molecule has 1 aliphatic heterocycles. The lowest BCUT2D eigenvalue weighted by Crippen LogP contribution is -2.33. The van der Waals surface area contributed by atoms with Crippen LogP contribution in [0.1, 0.15) is 121 Å². The van der Waals surface area contributed by atoms with E-state index in [2.05, 4.69) is 17.6 Å². The van der Waals surface area contributed by atoms with Gasteiger partial charge in [0.1, 0.15) is 18.4 Å². The fraction of sp³-hybridized carbons (Fsp3) is 0.767. The Balaban J connectivity index is 1.34. The molecule has 0 bridgehead atoms. The predicted octanol–water partition coefficient (Wildman–Crippen LogP) is 7.70. The zero-order chi connectivity index (χ0) is 25.7. The molecule has 1 saturated heterocycles. The first kappa shape index (κ1) is 31.0. The number of nitrogens with one attached hydrogen (secondary N) is 2. The second-order valence-electron chi connectivity index (χ2n) is 10.2. The fourth-order valence-corrected chi connectivity index (χ4v) is 5.96. The number of hydrogen-bond acceptors (Lipinski definition) is 5. The third kappa shape index (κ3) is 14.5. The van der Waals surface area contributed by atoms with Crippen molar-refractivity contribution in [3.63, 3.8) is 0 Å². The third-order valence-corrected chi connectivity index (χ3v) is 8.26. The van der Waals surface area contributed by atoms with Crippen LogP contribution in [0.5, 0.6) is 5.75 Å². The van der Waals surface area contributed by atoms with Crippen molar-refractivity contribution in [1.29, 1.82) is 0 Å². The summed E-state index contributed by atoms with van der Waals surface area (Å²) in [4.78, 5) is 11.1. The Hall–Kier alpha value is -1.24. The Kier molecular flexibility index (Phi) is 17.9. The van der Waals surface area contributed by atoms with Crippen molar-refractivity contribution >= 4 is 17.7 Å². The summed E-state index contributed by atoms with van der Waals surface area (Å²) in [6, 6.07) is 7.51. The van der Waals surface area contributed by atoms with Gasteiger partial charge in [0.25, 0.3) is 0 Å². The van der Waals surface area contributed by atoms with E-state index in [-0.39, 0.29) is 5.37 Å². The van der Waals surface area contributed by atoms with Gasteiger partial charge in [0.15, 0.2) is 0 Å². The Morgan fingerprint density at radius 2 is 1.50 bits per heavy atom. The molecule has 1 heterocycles. The van der Waals surface area contributed by atoms with Gasteiger partial charge in [-0.3, -0.25) is 10.1 Å². The molecule has 206 valence electrons. The lowest BCUT2D eigenvalue weighted by molar-refractivity contribution is -0.138. The van der Waals surface area contributed by atoms with Crippen molar-refractivity contribution in [2.75, 3.05) is 25.4 Å². The van der Waals surface area contributed by atoms with E-state index in [1.807, 2.05) is 24.3 Å². The van der Waals surface area contributed by atoms with Gasteiger partial charge < -0.3 is 15.2 Å². The van der Waals surface area contributed by atoms with E-state index in [9.17, 15) is 4.79 Å². The van der Waals surface area contributed by atoms with Crippen molar-refractivity contribution in [1.82, 2.24) is 10.6 Å². The van der Waals surface area contributed by atoms with E-state index in [0.29, 0.717) is 12.4 Å². The molecule has 0 aromatic heterocycles. The third-order valence-electron chi connectivity index (χ3n) is 7.00. The molecular formula is C30H52N2O3S. The molecule has 0 amide bonds. The zero-order valence-electron chi connectivity index (χ0n) is 22.8. The molecule has 2 atom stereocenters. The van der Waals surface area contributed by atoms with Gasteiger partial charge in [-0.1, -0.05) is 115 Å². The standard InChI is InChI=1S/C30H52N2O3S/c1-2-3-4-5-6-7-8-9-10-11-12-13-14-15-16-17-21-31-22-23-35-27-20-18-19-26(24-27)29-32-28(25-36-29)30(33)34/h18-20,24,28-29,31-32H,2-17,21-23,25H2,1H3,(H,33,34)/t28-,29?/m0/s1. The smallest absolute Gasteiger partial charge is 0.321 e. The summed E-state index contributed by atoms with van der Waals surface area (Å²) in [6.07, 6.45) is 22.4. The first-order valence-electron chi connectivity index (χ1n) is 14.7. The average Bonchev–Trinajstić information content (AvgIpc) is 3.39. The molecule has 1 aromatic rings. The van der Waals surface area contributed by atoms with Crippen molar-refractivity contribution in [3.8, 4) is 5.75 Å². The Labute approximate surface area is 224 Å². The normalized spacial score (nSPS) is 17.5. The van der Waals surface area contributed by atoms with Crippen LogP contribution in [0.4, 0.5) is 0 Å². The average molecular weight is 521 g/mol. The minimum absolute atomic E-state index is 0.0164. The maximum absolute atomic E-state index is 11.1.